The average molecular weight is 219 g/mol. The lowest BCUT2D eigenvalue weighted by atomic mass is 9.89. The summed E-state index contributed by atoms with van der Waals surface area (Å²) in [5, 5.41) is 3.28. The first-order valence-electron chi connectivity index (χ1n) is 6.02. The molecule has 0 aromatic heterocycles. The SMILES string of the molecule is CNC1CC(Oc2c(C)cc(C)cc2C)C1. The molecule has 1 saturated carbocycles. The Morgan fingerprint density at radius 2 is 1.69 bits per heavy atom. The van der Waals surface area contributed by atoms with E-state index >= 15 is 0 Å². The van der Waals surface area contributed by atoms with Crippen LogP contribution < -0.4 is 10.1 Å². The Labute approximate surface area is 98.0 Å². The van der Waals surface area contributed by atoms with Gasteiger partial charge in [-0.3, -0.25) is 0 Å². The fourth-order valence-electron chi connectivity index (χ4n) is 2.42. The van der Waals surface area contributed by atoms with Crippen molar-refractivity contribution in [3.8, 4) is 5.75 Å². The number of aryl methyl sites for hydroxylation is 3. The fraction of sp³-hybridized carbons (Fsp3) is 0.571. The predicted molar refractivity (Wildman–Crippen MR) is 67.2 cm³/mol. The van der Waals surface area contributed by atoms with Crippen LogP contribution in [0.4, 0.5) is 0 Å². The van der Waals surface area contributed by atoms with Crippen molar-refractivity contribution < 1.29 is 4.74 Å². The zero-order valence-corrected chi connectivity index (χ0v) is 10.6. The molecule has 0 aliphatic heterocycles. The normalized spacial score (nSPS) is 24.0. The highest BCUT2D eigenvalue weighted by Crippen LogP contribution is 2.30. The fourth-order valence-corrected chi connectivity index (χ4v) is 2.42. The van der Waals surface area contributed by atoms with Gasteiger partial charge in [0.2, 0.25) is 0 Å². The van der Waals surface area contributed by atoms with Crippen molar-refractivity contribution in [1.82, 2.24) is 5.32 Å². The minimum atomic E-state index is 0.401. The van der Waals surface area contributed by atoms with Crippen molar-refractivity contribution in [2.45, 2.75) is 45.8 Å². The van der Waals surface area contributed by atoms with Crippen LogP contribution in [-0.4, -0.2) is 19.2 Å². The molecule has 1 N–H and O–H groups in total. The maximum Gasteiger partial charge on any atom is 0.125 e. The second-order valence-electron chi connectivity index (χ2n) is 4.92. The van der Waals surface area contributed by atoms with Gasteiger partial charge in [0.25, 0.3) is 0 Å². The third kappa shape index (κ3) is 2.22. The quantitative estimate of drug-likeness (QED) is 0.844. The molecule has 1 aliphatic rings. The second-order valence-corrected chi connectivity index (χ2v) is 4.92. The van der Waals surface area contributed by atoms with E-state index in [9.17, 15) is 0 Å². The van der Waals surface area contributed by atoms with E-state index < -0.39 is 0 Å². The van der Waals surface area contributed by atoms with Crippen molar-refractivity contribution >= 4 is 0 Å². The van der Waals surface area contributed by atoms with Gasteiger partial charge in [-0.25, -0.2) is 0 Å². The molecule has 0 radical (unpaired) electrons. The van der Waals surface area contributed by atoms with Crippen LogP contribution >= 0.6 is 0 Å². The van der Waals surface area contributed by atoms with E-state index in [1.807, 2.05) is 7.05 Å². The van der Waals surface area contributed by atoms with Gasteiger partial charge >= 0.3 is 0 Å². The van der Waals surface area contributed by atoms with Gasteiger partial charge in [-0.05, 0) is 51.8 Å². The van der Waals surface area contributed by atoms with Crippen LogP contribution in [0.3, 0.4) is 0 Å². The largest absolute Gasteiger partial charge is 0.490 e. The van der Waals surface area contributed by atoms with Crippen LogP contribution in [0, 0.1) is 20.8 Å². The van der Waals surface area contributed by atoms with Gasteiger partial charge in [0.05, 0.1) is 0 Å². The monoisotopic (exact) mass is 219 g/mol. The molecule has 1 aromatic rings. The highest BCUT2D eigenvalue weighted by Gasteiger charge is 2.30. The van der Waals surface area contributed by atoms with E-state index in [1.54, 1.807) is 0 Å². The summed E-state index contributed by atoms with van der Waals surface area (Å²) >= 11 is 0. The van der Waals surface area contributed by atoms with Crippen LogP contribution in [0.25, 0.3) is 0 Å². The summed E-state index contributed by atoms with van der Waals surface area (Å²) in [6.45, 7) is 6.39. The van der Waals surface area contributed by atoms with Crippen LogP contribution in [0.15, 0.2) is 12.1 Å². The number of ether oxygens (including phenoxy) is 1. The summed E-state index contributed by atoms with van der Waals surface area (Å²) in [6, 6.07) is 5.03. The lowest BCUT2D eigenvalue weighted by Crippen LogP contribution is -2.45. The van der Waals surface area contributed by atoms with E-state index in [0.29, 0.717) is 12.1 Å². The summed E-state index contributed by atoms with van der Waals surface area (Å²) in [5.74, 6) is 1.09. The molecule has 0 saturated heterocycles. The molecule has 1 aliphatic carbocycles. The van der Waals surface area contributed by atoms with Crippen molar-refractivity contribution in [1.29, 1.82) is 0 Å². The van der Waals surface area contributed by atoms with E-state index in [1.165, 1.54) is 16.7 Å². The third-order valence-electron chi connectivity index (χ3n) is 3.39. The smallest absolute Gasteiger partial charge is 0.125 e. The molecule has 1 aromatic carbocycles. The number of benzene rings is 1. The highest BCUT2D eigenvalue weighted by atomic mass is 16.5. The standard InChI is InChI=1S/C14H21NO/c1-9-5-10(2)14(11(3)6-9)16-13-7-12(8-13)15-4/h5-6,12-13,15H,7-8H2,1-4H3. The molecule has 1 fully saturated rings. The Balaban J connectivity index is 2.05. The van der Waals surface area contributed by atoms with Crippen molar-refractivity contribution in [3.63, 3.8) is 0 Å². The van der Waals surface area contributed by atoms with E-state index in [0.717, 1.165) is 18.6 Å². The molecule has 88 valence electrons. The Bertz CT molecular complexity index is 357. The maximum atomic E-state index is 6.06. The molecule has 0 atom stereocenters. The van der Waals surface area contributed by atoms with Crippen molar-refractivity contribution in [3.05, 3.63) is 28.8 Å². The van der Waals surface area contributed by atoms with Gasteiger partial charge in [0.1, 0.15) is 11.9 Å². The minimum Gasteiger partial charge on any atom is -0.490 e. The minimum absolute atomic E-state index is 0.401. The molecule has 2 rings (SSSR count). The second kappa shape index (κ2) is 4.46. The Morgan fingerprint density at radius 1 is 1.12 bits per heavy atom. The van der Waals surface area contributed by atoms with Crippen LogP contribution in [0.2, 0.25) is 0 Å². The van der Waals surface area contributed by atoms with Gasteiger partial charge in [-0.2, -0.15) is 0 Å². The molecule has 2 heteroatoms. The number of hydrogen-bond donors (Lipinski definition) is 1. The molecular weight excluding hydrogens is 198 g/mol. The number of rotatable bonds is 3. The molecule has 0 amide bonds. The first-order valence-corrected chi connectivity index (χ1v) is 6.02. The van der Waals surface area contributed by atoms with Crippen LogP contribution in [0.5, 0.6) is 5.75 Å². The third-order valence-corrected chi connectivity index (χ3v) is 3.39. The van der Waals surface area contributed by atoms with Crippen molar-refractivity contribution in [2.75, 3.05) is 7.05 Å². The molecule has 0 unspecified atom stereocenters. The van der Waals surface area contributed by atoms with Gasteiger partial charge < -0.3 is 10.1 Å². The van der Waals surface area contributed by atoms with Gasteiger partial charge in [-0.15, -0.1) is 0 Å². The molecule has 0 heterocycles. The average Bonchev–Trinajstić information content (AvgIpc) is 2.13. The molecule has 16 heavy (non-hydrogen) atoms. The number of hydrogen-bond acceptors (Lipinski definition) is 2. The van der Waals surface area contributed by atoms with Gasteiger partial charge in [0, 0.05) is 6.04 Å². The molecule has 2 nitrogen and oxygen atoms in total. The Morgan fingerprint density at radius 3 is 2.19 bits per heavy atom. The Kier molecular flexibility index (Phi) is 3.20. The van der Waals surface area contributed by atoms with Crippen LogP contribution in [-0.2, 0) is 0 Å². The summed E-state index contributed by atoms with van der Waals surface area (Å²) in [7, 11) is 2.02. The lowest BCUT2D eigenvalue weighted by molar-refractivity contribution is 0.0870. The topological polar surface area (TPSA) is 21.3 Å². The van der Waals surface area contributed by atoms with Gasteiger partial charge in [-0.1, -0.05) is 17.7 Å². The lowest BCUT2D eigenvalue weighted by Gasteiger charge is -2.35. The summed E-state index contributed by atoms with van der Waals surface area (Å²) in [5.41, 5.74) is 3.82. The highest BCUT2D eigenvalue weighted by molar-refractivity contribution is 5.43. The van der Waals surface area contributed by atoms with Crippen molar-refractivity contribution in [2.24, 2.45) is 0 Å². The summed E-state index contributed by atoms with van der Waals surface area (Å²) in [4.78, 5) is 0. The van der Waals surface area contributed by atoms with Crippen LogP contribution in [0.1, 0.15) is 29.5 Å². The first kappa shape index (κ1) is 11.5. The zero-order chi connectivity index (χ0) is 11.7. The number of nitrogens with one attached hydrogen (secondary N) is 1. The molecular formula is C14H21NO. The zero-order valence-electron chi connectivity index (χ0n) is 10.6. The summed E-state index contributed by atoms with van der Waals surface area (Å²) < 4.78 is 6.06. The summed E-state index contributed by atoms with van der Waals surface area (Å²) in [6.07, 6.45) is 2.66. The predicted octanol–water partition coefficient (Wildman–Crippen LogP) is 2.74. The van der Waals surface area contributed by atoms with E-state index in [4.69, 9.17) is 4.74 Å². The molecule has 0 bridgehead atoms. The Hall–Kier alpha value is -1.02. The maximum absolute atomic E-state index is 6.06. The van der Waals surface area contributed by atoms with E-state index in [2.05, 4.69) is 38.2 Å². The molecule has 0 spiro atoms. The first-order chi connectivity index (χ1) is 7.60. The van der Waals surface area contributed by atoms with Gasteiger partial charge in [0.15, 0.2) is 0 Å². The van der Waals surface area contributed by atoms with E-state index in [-0.39, 0.29) is 0 Å².